The summed E-state index contributed by atoms with van der Waals surface area (Å²) in [4.78, 5) is 4.31. The highest BCUT2D eigenvalue weighted by atomic mass is 16.5. The van der Waals surface area contributed by atoms with Crippen LogP contribution in [0.5, 0.6) is 5.75 Å². The largest absolute Gasteiger partial charge is 0.497 e. The summed E-state index contributed by atoms with van der Waals surface area (Å²) in [5.41, 5.74) is 7.85. The van der Waals surface area contributed by atoms with Crippen LogP contribution in [0.4, 0.5) is 11.4 Å². The summed E-state index contributed by atoms with van der Waals surface area (Å²) < 4.78 is 5.16. The van der Waals surface area contributed by atoms with Crippen molar-refractivity contribution in [1.29, 1.82) is 0 Å². The van der Waals surface area contributed by atoms with Gasteiger partial charge in [-0.05, 0) is 30.7 Å². The molecule has 4 N–H and O–H groups in total. The molecule has 116 valence electrons. The molecule has 2 aromatic carbocycles. The lowest BCUT2D eigenvalue weighted by molar-refractivity contribution is 0.415. The van der Waals surface area contributed by atoms with Gasteiger partial charge in [0.1, 0.15) is 5.75 Å². The zero-order chi connectivity index (χ0) is 15.6. The molecule has 0 atom stereocenters. The number of aliphatic imine (C=N–C) groups is 1. The van der Waals surface area contributed by atoms with Gasteiger partial charge in [-0.2, -0.15) is 0 Å². The molecule has 0 radical (unpaired) electrons. The molecule has 2 rings (SSSR count). The summed E-state index contributed by atoms with van der Waals surface area (Å²) in [6.07, 6.45) is 0.912. The number of nitrogens with zero attached hydrogens (tertiary/aromatic N) is 1. The highest BCUT2D eigenvalue weighted by molar-refractivity contribution is 5.92. The van der Waals surface area contributed by atoms with Gasteiger partial charge in [-0.15, -0.1) is 0 Å². The summed E-state index contributed by atoms with van der Waals surface area (Å²) >= 11 is 0. The maximum absolute atomic E-state index is 5.87. The molecule has 0 aliphatic carbocycles. The molecule has 0 saturated carbocycles. The van der Waals surface area contributed by atoms with Crippen molar-refractivity contribution in [2.24, 2.45) is 10.7 Å². The predicted molar refractivity (Wildman–Crippen MR) is 92.7 cm³/mol. The van der Waals surface area contributed by atoms with E-state index in [4.69, 9.17) is 10.5 Å². The van der Waals surface area contributed by atoms with Gasteiger partial charge in [0.25, 0.3) is 0 Å². The van der Waals surface area contributed by atoms with E-state index in [0.717, 1.165) is 30.1 Å². The van der Waals surface area contributed by atoms with E-state index in [-0.39, 0.29) is 0 Å². The van der Waals surface area contributed by atoms with Crippen molar-refractivity contribution in [3.8, 4) is 5.75 Å². The van der Waals surface area contributed by atoms with Crippen LogP contribution in [-0.4, -0.2) is 26.2 Å². The lowest BCUT2D eigenvalue weighted by Crippen LogP contribution is -2.23. The minimum Gasteiger partial charge on any atom is -0.497 e. The molecule has 22 heavy (non-hydrogen) atoms. The third-order valence-electron chi connectivity index (χ3n) is 3.06. The molecule has 5 heteroatoms. The Hall–Kier alpha value is -2.69. The molecule has 0 spiro atoms. The summed E-state index contributed by atoms with van der Waals surface area (Å²) in [5, 5.41) is 6.39. The number of anilines is 2. The van der Waals surface area contributed by atoms with Crippen LogP contribution >= 0.6 is 0 Å². The molecule has 0 aromatic heterocycles. The molecular weight excluding hydrogens is 276 g/mol. The number of nitrogens with one attached hydrogen (secondary N) is 2. The first-order valence-electron chi connectivity index (χ1n) is 7.28. The maximum Gasteiger partial charge on any atom is 0.193 e. The first-order chi connectivity index (χ1) is 10.8. The molecule has 0 fully saturated rings. The van der Waals surface area contributed by atoms with Crippen LogP contribution in [0, 0.1) is 0 Å². The Morgan fingerprint density at radius 3 is 2.64 bits per heavy atom. The fraction of sp³-hybridized carbons (Fsp3) is 0.235. The summed E-state index contributed by atoms with van der Waals surface area (Å²) in [6, 6.07) is 17.7. The Kier molecular flexibility index (Phi) is 6.11. The molecule has 0 heterocycles. The van der Waals surface area contributed by atoms with Crippen LogP contribution < -0.4 is 21.1 Å². The van der Waals surface area contributed by atoms with Crippen molar-refractivity contribution in [3.63, 3.8) is 0 Å². The highest BCUT2D eigenvalue weighted by Crippen LogP contribution is 2.16. The molecule has 0 aliphatic rings. The van der Waals surface area contributed by atoms with E-state index in [1.165, 1.54) is 0 Å². The van der Waals surface area contributed by atoms with E-state index in [1.807, 2.05) is 54.6 Å². The van der Waals surface area contributed by atoms with Gasteiger partial charge in [0.2, 0.25) is 0 Å². The number of ether oxygens (including phenoxy) is 1. The smallest absolute Gasteiger partial charge is 0.193 e. The molecule has 0 aliphatic heterocycles. The van der Waals surface area contributed by atoms with E-state index in [9.17, 15) is 0 Å². The van der Waals surface area contributed by atoms with Crippen LogP contribution in [0.25, 0.3) is 0 Å². The van der Waals surface area contributed by atoms with Gasteiger partial charge < -0.3 is 21.1 Å². The zero-order valence-electron chi connectivity index (χ0n) is 12.8. The number of benzene rings is 2. The van der Waals surface area contributed by atoms with E-state index in [0.29, 0.717) is 12.5 Å². The normalized spacial score (nSPS) is 11.0. The fourth-order valence-electron chi connectivity index (χ4n) is 1.96. The molecule has 5 nitrogen and oxygen atoms in total. The lowest BCUT2D eigenvalue weighted by Gasteiger charge is -2.08. The van der Waals surface area contributed by atoms with Gasteiger partial charge in [0.05, 0.1) is 7.11 Å². The van der Waals surface area contributed by atoms with Crippen LogP contribution in [0.2, 0.25) is 0 Å². The maximum atomic E-state index is 5.87. The quantitative estimate of drug-likeness (QED) is 0.417. The lowest BCUT2D eigenvalue weighted by atomic mass is 10.3. The topological polar surface area (TPSA) is 71.7 Å². The number of para-hydroxylation sites is 1. The number of hydrogen-bond acceptors (Lipinski definition) is 3. The number of methoxy groups -OCH3 is 1. The van der Waals surface area contributed by atoms with Gasteiger partial charge in [0.15, 0.2) is 5.96 Å². The van der Waals surface area contributed by atoms with E-state index in [2.05, 4.69) is 15.6 Å². The highest BCUT2D eigenvalue weighted by Gasteiger charge is 1.97. The van der Waals surface area contributed by atoms with E-state index < -0.39 is 0 Å². The molecule has 0 saturated heterocycles. The second kappa shape index (κ2) is 8.56. The second-order valence-electron chi connectivity index (χ2n) is 4.77. The van der Waals surface area contributed by atoms with Gasteiger partial charge in [0, 0.05) is 30.5 Å². The number of hydrogen-bond donors (Lipinski definition) is 3. The fourth-order valence-corrected chi connectivity index (χ4v) is 1.96. The predicted octanol–water partition coefficient (Wildman–Crippen LogP) is 2.92. The first kappa shape index (κ1) is 15.7. The summed E-state index contributed by atoms with van der Waals surface area (Å²) in [5.74, 6) is 1.19. The van der Waals surface area contributed by atoms with E-state index in [1.54, 1.807) is 7.11 Å². The van der Waals surface area contributed by atoms with Crippen molar-refractivity contribution in [3.05, 3.63) is 54.6 Å². The summed E-state index contributed by atoms with van der Waals surface area (Å²) in [7, 11) is 1.64. The Labute approximate surface area is 131 Å². The van der Waals surface area contributed by atoms with Gasteiger partial charge in [-0.1, -0.05) is 24.3 Å². The number of guanidine groups is 1. The van der Waals surface area contributed by atoms with Crippen molar-refractivity contribution in [1.82, 2.24) is 0 Å². The standard InChI is InChI=1S/C17H22N4O/c1-22-16-10-5-9-15(13-16)21-17(18)20-12-6-11-19-14-7-3-2-4-8-14/h2-5,7-10,13,19H,6,11-12H2,1H3,(H3,18,20,21). The van der Waals surface area contributed by atoms with Crippen LogP contribution in [0.1, 0.15) is 6.42 Å². The molecular formula is C17H22N4O. The second-order valence-corrected chi connectivity index (χ2v) is 4.77. The van der Waals surface area contributed by atoms with Crippen molar-refractivity contribution in [2.75, 3.05) is 30.8 Å². The van der Waals surface area contributed by atoms with Gasteiger partial charge >= 0.3 is 0 Å². The number of nitrogens with two attached hydrogens (primary N) is 1. The average molecular weight is 298 g/mol. The Morgan fingerprint density at radius 2 is 1.86 bits per heavy atom. The molecule has 0 amide bonds. The van der Waals surface area contributed by atoms with Crippen molar-refractivity contribution >= 4 is 17.3 Å². The van der Waals surface area contributed by atoms with Gasteiger partial charge in [-0.25, -0.2) is 0 Å². The summed E-state index contributed by atoms with van der Waals surface area (Å²) in [6.45, 7) is 1.53. The molecule has 0 unspecified atom stereocenters. The molecule has 2 aromatic rings. The first-order valence-corrected chi connectivity index (χ1v) is 7.28. The van der Waals surface area contributed by atoms with Crippen LogP contribution in [-0.2, 0) is 0 Å². The van der Waals surface area contributed by atoms with E-state index >= 15 is 0 Å². The molecule has 0 bridgehead atoms. The third kappa shape index (κ3) is 5.36. The number of rotatable bonds is 7. The van der Waals surface area contributed by atoms with Gasteiger partial charge in [-0.3, -0.25) is 4.99 Å². The monoisotopic (exact) mass is 298 g/mol. The Bertz CT molecular complexity index is 599. The van der Waals surface area contributed by atoms with Crippen LogP contribution in [0.15, 0.2) is 59.6 Å². The zero-order valence-corrected chi connectivity index (χ0v) is 12.8. The Balaban J connectivity index is 1.71. The third-order valence-corrected chi connectivity index (χ3v) is 3.06. The minimum absolute atomic E-state index is 0.410. The van der Waals surface area contributed by atoms with Crippen molar-refractivity contribution < 1.29 is 4.74 Å². The SMILES string of the molecule is COc1cccc(NC(N)=NCCCNc2ccccc2)c1. The van der Waals surface area contributed by atoms with Crippen LogP contribution in [0.3, 0.4) is 0 Å². The van der Waals surface area contributed by atoms with Crippen molar-refractivity contribution in [2.45, 2.75) is 6.42 Å². The minimum atomic E-state index is 0.410. The average Bonchev–Trinajstić information content (AvgIpc) is 2.55. The Morgan fingerprint density at radius 1 is 1.09 bits per heavy atom.